The fraction of sp³-hybridized carbons (Fsp3) is 0.500. The van der Waals surface area contributed by atoms with Crippen molar-refractivity contribution in [3.63, 3.8) is 0 Å². The molecule has 9 heteroatoms. The van der Waals surface area contributed by atoms with Crippen LogP contribution in [0.3, 0.4) is 0 Å². The van der Waals surface area contributed by atoms with Crippen molar-refractivity contribution in [3.05, 3.63) is 35.9 Å². The molecule has 0 saturated carbocycles. The van der Waals surface area contributed by atoms with E-state index >= 15 is 0 Å². The van der Waals surface area contributed by atoms with Gasteiger partial charge in [0.1, 0.15) is 18.1 Å². The molecule has 8 nitrogen and oxygen atoms in total. The molecule has 142 valence electrons. The number of nitrogens with one attached hydrogen (secondary N) is 3. The third-order valence-electron chi connectivity index (χ3n) is 4.58. The molecule has 3 rings (SSSR count). The van der Waals surface area contributed by atoms with E-state index in [0.717, 1.165) is 18.4 Å². The van der Waals surface area contributed by atoms with Crippen LogP contribution in [0.25, 0.3) is 0 Å². The van der Waals surface area contributed by atoms with Gasteiger partial charge in [0.15, 0.2) is 0 Å². The number of ether oxygens (including phenoxy) is 1. The van der Waals surface area contributed by atoms with Crippen LogP contribution in [0.15, 0.2) is 30.3 Å². The van der Waals surface area contributed by atoms with E-state index in [1.165, 1.54) is 0 Å². The SMILES string of the molecule is O=C(NCC1CCCO1)[C@H](Cc1ccccc1)NC(=O)[C@H]1N[C@@H]1C(=O)O.[NaH]. The number of aliphatic carboxylic acids is 1. The normalized spacial score (nSPS) is 24.4. The van der Waals surface area contributed by atoms with Crippen LogP contribution in [0.5, 0.6) is 0 Å². The molecule has 1 unspecified atom stereocenters. The third-order valence-corrected chi connectivity index (χ3v) is 4.58. The molecule has 2 amide bonds. The molecule has 4 atom stereocenters. The molecule has 0 spiro atoms. The zero-order valence-corrected chi connectivity index (χ0v) is 14.3. The second kappa shape index (κ2) is 10.2. The fourth-order valence-corrected chi connectivity index (χ4v) is 3.04. The molecule has 2 heterocycles. The fourth-order valence-electron chi connectivity index (χ4n) is 3.04. The predicted octanol–water partition coefficient (Wildman–Crippen LogP) is -1.21. The summed E-state index contributed by atoms with van der Waals surface area (Å²) in [5, 5.41) is 17.0. The summed E-state index contributed by atoms with van der Waals surface area (Å²) in [4.78, 5) is 35.7. The maximum absolute atomic E-state index is 12.6. The van der Waals surface area contributed by atoms with Crippen LogP contribution in [0.4, 0.5) is 0 Å². The van der Waals surface area contributed by atoms with Crippen molar-refractivity contribution in [2.45, 2.75) is 43.5 Å². The Morgan fingerprint density at radius 3 is 2.56 bits per heavy atom. The zero-order valence-electron chi connectivity index (χ0n) is 14.3. The molecule has 2 saturated heterocycles. The summed E-state index contributed by atoms with van der Waals surface area (Å²) in [5.41, 5.74) is 0.906. The van der Waals surface area contributed by atoms with Crippen LogP contribution in [-0.4, -0.2) is 89.8 Å². The van der Waals surface area contributed by atoms with Crippen LogP contribution >= 0.6 is 0 Å². The van der Waals surface area contributed by atoms with Crippen molar-refractivity contribution < 1.29 is 24.2 Å². The molecule has 1 aromatic rings. The summed E-state index contributed by atoms with van der Waals surface area (Å²) >= 11 is 0. The van der Waals surface area contributed by atoms with Gasteiger partial charge in [-0.2, -0.15) is 0 Å². The van der Waals surface area contributed by atoms with Gasteiger partial charge in [0.25, 0.3) is 0 Å². The summed E-state index contributed by atoms with van der Waals surface area (Å²) in [6, 6.07) is 6.90. The quantitative estimate of drug-likeness (QED) is 0.328. The van der Waals surface area contributed by atoms with Crippen LogP contribution in [0.1, 0.15) is 18.4 Å². The van der Waals surface area contributed by atoms with Crippen LogP contribution < -0.4 is 16.0 Å². The van der Waals surface area contributed by atoms with E-state index in [0.29, 0.717) is 19.6 Å². The Balaban J connectivity index is 0.00000261. The van der Waals surface area contributed by atoms with Gasteiger partial charge >= 0.3 is 35.5 Å². The van der Waals surface area contributed by atoms with E-state index < -0.39 is 30.0 Å². The summed E-state index contributed by atoms with van der Waals surface area (Å²) < 4.78 is 5.49. The van der Waals surface area contributed by atoms with Crippen molar-refractivity contribution >= 4 is 47.3 Å². The van der Waals surface area contributed by atoms with Crippen molar-refractivity contribution in [2.24, 2.45) is 0 Å². The number of hydrogen-bond donors (Lipinski definition) is 4. The molecular formula is C18H24N3NaO5. The molecule has 0 aromatic heterocycles. The number of carbonyl (C=O) groups is 3. The third kappa shape index (κ3) is 6.29. The van der Waals surface area contributed by atoms with Gasteiger partial charge in [-0.1, -0.05) is 30.3 Å². The Morgan fingerprint density at radius 1 is 1.22 bits per heavy atom. The first-order chi connectivity index (χ1) is 12.5. The number of carbonyl (C=O) groups excluding carboxylic acids is 2. The van der Waals surface area contributed by atoms with E-state index in [-0.39, 0.29) is 41.6 Å². The van der Waals surface area contributed by atoms with E-state index in [2.05, 4.69) is 16.0 Å². The van der Waals surface area contributed by atoms with Gasteiger partial charge in [-0.25, -0.2) is 0 Å². The number of hydrogen-bond acceptors (Lipinski definition) is 5. The first-order valence-electron chi connectivity index (χ1n) is 8.77. The Kier molecular flexibility index (Phi) is 8.25. The van der Waals surface area contributed by atoms with Crippen LogP contribution in [0, 0.1) is 0 Å². The van der Waals surface area contributed by atoms with E-state index in [4.69, 9.17) is 9.84 Å². The van der Waals surface area contributed by atoms with E-state index in [1.54, 1.807) is 0 Å². The molecule has 4 N–H and O–H groups in total. The molecule has 1 aromatic carbocycles. The van der Waals surface area contributed by atoms with Gasteiger partial charge in [0.05, 0.1) is 6.10 Å². The predicted molar refractivity (Wildman–Crippen MR) is 99.6 cm³/mol. The average Bonchev–Trinajstić information content (AvgIpc) is 3.29. The Labute approximate surface area is 179 Å². The van der Waals surface area contributed by atoms with Crippen LogP contribution in [-0.2, 0) is 25.5 Å². The Bertz CT molecular complexity index is 666. The average molecular weight is 385 g/mol. The number of carboxylic acids is 1. The number of benzene rings is 1. The molecule has 27 heavy (non-hydrogen) atoms. The van der Waals surface area contributed by atoms with Gasteiger partial charge in [0, 0.05) is 19.6 Å². The standard InChI is InChI=1S/C18H23N3O5.Na.H/c22-16(19-10-12-7-4-8-26-12)13(9-11-5-2-1-3-6-11)20-17(23)14-15(21-14)18(24)25;;/h1-3,5-6,12-15,21H,4,7-10H2,(H,19,22)(H,20,23)(H,24,25);;/t12?,13-,14-,15-;;/m0../s1. The first-order valence-corrected chi connectivity index (χ1v) is 8.77. The van der Waals surface area contributed by atoms with Gasteiger partial charge in [-0.15, -0.1) is 0 Å². The van der Waals surface area contributed by atoms with Gasteiger partial charge in [-0.05, 0) is 18.4 Å². The van der Waals surface area contributed by atoms with Crippen molar-refractivity contribution in [2.75, 3.05) is 13.2 Å². The minimum atomic E-state index is -1.08. The molecule has 0 bridgehead atoms. The molecule has 2 aliphatic heterocycles. The monoisotopic (exact) mass is 385 g/mol. The van der Waals surface area contributed by atoms with E-state index in [1.807, 2.05) is 30.3 Å². The molecule has 0 aliphatic carbocycles. The van der Waals surface area contributed by atoms with Gasteiger partial charge in [0.2, 0.25) is 11.8 Å². The summed E-state index contributed by atoms with van der Waals surface area (Å²) in [5.74, 6) is -1.86. The molecular weight excluding hydrogens is 361 g/mol. The minimum absolute atomic E-state index is 0. The number of carboxylic acid groups (broad SMARTS) is 1. The topological polar surface area (TPSA) is 127 Å². The maximum atomic E-state index is 12.6. The second-order valence-electron chi connectivity index (χ2n) is 6.59. The van der Waals surface area contributed by atoms with Gasteiger partial charge in [-0.3, -0.25) is 19.7 Å². The molecule has 2 aliphatic rings. The first kappa shape index (κ1) is 21.8. The van der Waals surface area contributed by atoms with Crippen molar-refractivity contribution in [1.29, 1.82) is 0 Å². The molecule has 0 radical (unpaired) electrons. The Hall–Kier alpha value is -1.45. The summed E-state index contributed by atoms with van der Waals surface area (Å²) in [7, 11) is 0. The van der Waals surface area contributed by atoms with E-state index in [9.17, 15) is 14.4 Å². The number of rotatable bonds is 8. The molecule has 2 fully saturated rings. The Morgan fingerprint density at radius 2 is 1.96 bits per heavy atom. The van der Waals surface area contributed by atoms with Crippen LogP contribution in [0.2, 0.25) is 0 Å². The van der Waals surface area contributed by atoms with Gasteiger partial charge < -0.3 is 20.5 Å². The van der Waals surface area contributed by atoms with Crippen molar-refractivity contribution in [1.82, 2.24) is 16.0 Å². The summed E-state index contributed by atoms with van der Waals surface area (Å²) in [6.07, 6.45) is 2.22. The summed E-state index contributed by atoms with van der Waals surface area (Å²) in [6.45, 7) is 1.11. The number of amides is 2. The zero-order chi connectivity index (χ0) is 18.5. The van der Waals surface area contributed by atoms with Crippen molar-refractivity contribution in [3.8, 4) is 0 Å². The second-order valence-corrected chi connectivity index (χ2v) is 6.59.